The molecule has 4 nitrogen and oxygen atoms in total. The predicted octanol–water partition coefficient (Wildman–Crippen LogP) is 2.56. The van der Waals surface area contributed by atoms with E-state index in [-0.39, 0.29) is 11.1 Å². The van der Waals surface area contributed by atoms with Gasteiger partial charge < -0.3 is 9.67 Å². The van der Waals surface area contributed by atoms with E-state index < -0.39 is 18.9 Å². The molecule has 0 amide bonds. The Labute approximate surface area is 102 Å². The van der Waals surface area contributed by atoms with Gasteiger partial charge in [-0.2, -0.15) is 0 Å². The van der Waals surface area contributed by atoms with Crippen LogP contribution in [-0.4, -0.2) is 27.1 Å². The van der Waals surface area contributed by atoms with Crippen molar-refractivity contribution in [1.29, 1.82) is 0 Å². The second-order valence-corrected chi connectivity index (χ2v) is 3.86. The number of imidazole rings is 1. The number of para-hydroxylation sites is 1. The van der Waals surface area contributed by atoms with Crippen molar-refractivity contribution in [3.8, 4) is 0 Å². The molecule has 6 heteroatoms. The summed E-state index contributed by atoms with van der Waals surface area (Å²) >= 11 is 0. The third kappa shape index (κ3) is 2.05. The van der Waals surface area contributed by atoms with E-state index in [1.807, 2.05) is 0 Å². The van der Waals surface area contributed by atoms with E-state index in [1.54, 1.807) is 13.0 Å². The van der Waals surface area contributed by atoms with Gasteiger partial charge in [0.25, 0.3) is 6.43 Å². The molecule has 1 heterocycles. The lowest BCUT2D eigenvalue weighted by molar-refractivity contribution is 0.0699. The molecule has 0 radical (unpaired) electrons. The molecule has 1 aromatic heterocycles. The molecule has 0 spiro atoms. The van der Waals surface area contributed by atoms with Crippen LogP contribution >= 0.6 is 0 Å². The van der Waals surface area contributed by atoms with Gasteiger partial charge in [-0.3, -0.25) is 0 Å². The number of benzene rings is 1. The predicted molar refractivity (Wildman–Crippen MR) is 62.1 cm³/mol. The van der Waals surface area contributed by atoms with Crippen LogP contribution in [0.15, 0.2) is 18.2 Å². The summed E-state index contributed by atoms with van der Waals surface area (Å²) in [7, 11) is 0. The number of halogens is 2. The summed E-state index contributed by atoms with van der Waals surface area (Å²) in [5.74, 6) is -0.635. The van der Waals surface area contributed by atoms with Crippen LogP contribution in [0.2, 0.25) is 0 Å². The van der Waals surface area contributed by atoms with Gasteiger partial charge in [0.2, 0.25) is 0 Å². The van der Waals surface area contributed by atoms with E-state index in [0.29, 0.717) is 17.8 Å². The number of carboxylic acid groups (broad SMARTS) is 1. The summed E-state index contributed by atoms with van der Waals surface area (Å²) < 4.78 is 26.5. The molecular formula is C12H12F2N2O2. The maximum Gasteiger partial charge on any atom is 0.337 e. The Morgan fingerprint density at radius 2 is 2.22 bits per heavy atom. The van der Waals surface area contributed by atoms with Crippen LogP contribution in [0.1, 0.15) is 23.1 Å². The van der Waals surface area contributed by atoms with Gasteiger partial charge in [0.15, 0.2) is 0 Å². The normalized spacial score (nSPS) is 11.3. The van der Waals surface area contributed by atoms with Gasteiger partial charge >= 0.3 is 5.97 Å². The second-order valence-electron chi connectivity index (χ2n) is 3.86. The quantitative estimate of drug-likeness (QED) is 0.912. The van der Waals surface area contributed by atoms with E-state index in [0.717, 1.165) is 0 Å². The molecule has 0 fully saturated rings. The number of aromatic carboxylic acids is 1. The summed E-state index contributed by atoms with van der Waals surface area (Å²) in [6, 6.07) is 4.56. The van der Waals surface area contributed by atoms with Crippen molar-refractivity contribution in [1.82, 2.24) is 9.55 Å². The number of nitrogens with zero attached hydrogens (tertiary/aromatic N) is 2. The minimum atomic E-state index is -2.50. The zero-order valence-corrected chi connectivity index (χ0v) is 9.73. The summed E-state index contributed by atoms with van der Waals surface area (Å²) in [4.78, 5) is 15.2. The fraction of sp³-hybridized carbons (Fsp3) is 0.333. The van der Waals surface area contributed by atoms with E-state index >= 15 is 0 Å². The van der Waals surface area contributed by atoms with E-state index in [9.17, 15) is 13.6 Å². The van der Waals surface area contributed by atoms with Crippen LogP contribution in [0, 0.1) is 0 Å². The van der Waals surface area contributed by atoms with Crippen LogP contribution in [0.4, 0.5) is 8.78 Å². The minimum Gasteiger partial charge on any atom is -0.478 e. The smallest absolute Gasteiger partial charge is 0.337 e. The fourth-order valence-corrected chi connectivity index (χ4v) is 1.98. The molecular weight excluding hydrogens is 242 g/mol. The first-order valence-electron chi connectivity index (χ1n) is 5.54. The maximum absolute atomic E-state index is 12.5. The highest BCUT2D eigenvalue weighted by atomic mass is 19.3. The van der Waals surface area contributed by atoms with Crippen molar-refractivity contribution in [2.45, 2.75) is 26.3 Å². The van der Waals surface area contributed by atoms with Gasteiger partial charge in [-0.1, -0.05) is 13.0 Å². The Morgan fingerprint density at radius 3 is 2.78 bits per heavy atom. The fourth-order valence-electron chi connectivity index (χ4n) is 1.98. The minimum absolute atomic E-state index is 0.0372. The number of alkyl halides is 2. The van der Waals surface area contributed by atoms with Crippen molar-refractivity contribution in [2.75, 3.05) is 0 Å². The molecule has 0 bridgehead atoms. The molecule has 96 valence electrons. The summed E-state index contributed by atoms with van der Waals surface area (Å²) in [6.45, 7) is 1.33. The Hall–Kier alpha value is -1.98. The van der Waals surface area contributed by atoms with E-state index in [4.69, 9.17) is 5.11 Å². The SMILES string of the molecule is CCc1nc2c(C(=O)O)cccc2n1CC(F)F. The molecule has 0 unspecified atom stereocenters. The molecule has 1 aromatic carbocycles. The van der Waals surface area contributed by atoms with Crippen LogP contribution in [0.3, 0.4) is 0 Å². The number of fused-ring (bicyclic) bond motifs is 1. The Bertz CT molecular complexity index is 593. The average Bonchev–Trinajstić information content (AvgIpc) is 2.66. The summed E-state index contributed by atoms with van der Waals surface area (Å²) in [6.07, 6.45) is -2.03. The number of rotatable bonds is 4. The standard InChI is InChI=1S/C12H12F2N2O2/c1-2-10-15-11-7(12(17)18)4-3-5-8(11)16(10)6-9(13)14/h3-5,9H,2,6H2,1H3,(H,17,18). The lowest BCUT2D eigenvalue weighted by Crippen LogP contribution is -2.09. The monoisotopic (exact) mass is 254 g/mol. The molecule has 0 aliphatic rings. The van der Waals surface area contributed by atoms with Gasteiger partial charge in [0.1, 0.15) is 11.3 Å². The molecule has 0 saturated carbocycles. The number of aromatic nitrogens is 2. The van der Waals surface area contributed by atoms with Crippen molar-refractivity contribution in [3.05, 3.63) is 29.6 Å². The van der Waals surface area contributed by atoms with E-state index in [1.165, 1.54) is 16.7 Å². The third-order valence-electron chi connectivity index (χ3n) is 2.73. The zero-order chi connectivity index (χ0) is 13.3. The average molecular weight is 254 g/mol. The van der Waals surface area contributed by atoms with E-state index in [2.05, 4.69) is 4.98 Å². The molecule has 1 N–H and O–H groups in total. The molecule has 0 aliphatic carbocycles. The summed E-state index contributed by atoms with van der Waals surface area (Å²) in [5, 5.41) is 9.04. The highest BCUT2D eigenvalue weighted by Crippen LogP contribution is 2.21. The van der Waals surface area contributed by atoms with Crippen LogP contribution in [0.25, 0.3) is 11.0 Å². The van der Waals surface area contributed by atoms with Crippen molar-refractivity contribution >= 4 is 17.0 Å². The maximum atomic E-state index is 12.5. The van der Waals surface area contributed by atoms with Crippen molar-refractivity contribution in [3.63, 3.8) is 0 Å². The molecule has 2 rings (SSSR count). The topological polar surface area (TPSA) is 55.1 Å². The highest BCUT2D eigenvalue weighted by molar-refractivity contribution is 6.01. The second kappa shape index (κ2) is 4.72. The van der Waals surface area contributed by atoms with Crippen LogP contribution < -0.4 is 0 Å². The zero-order valence-electron chi connectivity index (χ0n) is 9.73. The molecule has 0 aliphatic heterocycles. The number of carbonyl (C=O) groups is 1. The first kappa shape index (κ1) is 12.5. The number of hydrogen-bond donors (Lipinski definition) is 1. The number of carboxylic acids is 1. The molecule has 18 heavy (non-hydrogen) atoms. The lowest BCUT2D eigenvalue weighted by atomic mass is 10.2. The summed E-state index contributed by atoms with van der Waals surface area (Å²) in [5.41, 5.74) is 0.741. The van der Waals surface area contributed by atoms with Crippen molar-refractivity contribution in [2.24, 2.45) is 0 Å². The number of hydrogen-bond acceptors (Lipinski definition) is 2. The lowest BCUT2D eigenvalue weighted by Gasteiger charge is -2.06. The number of aryl methyl sites for hydroxylation is 1. The Kier molecular flexibility index (Phi) is 3.27. The van der Waals surface area contributed by atoms with Crippen LogP contribution in [-0.2, 0) is 13.0 Å². The molecule has 0 saturated heterocycles. The van der Waals surface area contributed by atoms with Gasteiger partial charge in [-0.25, -0.2) is 18.6 Å². The third-order valence-corrected chi connectivity index (χ3v) is 2.73. The first-order valence-corrected chi connectivity index (χ1v) is 5.54. The Morgan fingerprint density at radius 1 is 1.50 bits per heavy atom. The van der Waals surface area contributed by atoms with Gasteiger partial charge in [0.05, 0.1) is 17.6 Å². The van der Waals surface area contributed by atoms with Gasteiger partial charge in [0, 0.05) is 6.42 Å². The largest absolute Gasteiger partial charge is 0.478 e. The van der Waals surface area contributed by atoms with Gasteiger partial charge in [-0.05, 0) is 12.1 Å². The first-order chi connectivity index (χ1) is 8.54. The molecule has 2 aromatic rings. The van der Waals surface area contributed by atoms with Crippen LogP contribution in [0.5, 0.6) is 0 Å². The van der Waals surface area contributed by atoms with Crippen molar-refractivity contribution < 1.29 is 18.7 Å². The Balaban J connectivity index is 2.69. The van der Waals surface area contributed by atoms with Gasteiger partial charge in [-0.15, -0.1) is 0 Å². The molecule has 0 atom stereocenters. The highest BCUT2D eigenvalue weighted by Gasteiger charge is 2.17.